The standard InChI is InChI=1S/C24H30N4O2/c1-16(2)28-12-10-18(11-13-28)25-24-19-14-21(29-3)22(30-4)15-20(19)26-23(27-24)17-8-6-5-7-9-17/h5-9,14-16,18H,10-13H2,1-4H3,(H,25,26,27). The second-order valence-corrected chi connectivity index (χ2v) is 8.03. The van der Waals surface area contributed by atoms with Crippen LogP contribution in [0.4, 0.5) is 5.82 Å². The average Bonchev–Trinajstić information content (AvgIpc) is 2.79. The van der Waals surface area contributed by atoms with Crippen molar-refractivity contribution in [2.24, 2.45) is 0 Å². The van der Waals surface area contributed by atoms with E-state index in [-0.39, 0.29) is 0 Å². The van der Waals surface area contributed by atoms with E-state index in [1.54, 1.807) is 14.2 Å². The van der Waals surface area contributed by atoms with E-state index in [4.69, 9.17) is 19.4 Å². The molecule has 0 bridgehead atoms. The van der Waals surface area contributed by atoms with E-state index in [9.17, 15) is 0 Å². The van der Waals surface area contributed by atoms with Crippen LogP contribution in [0.2, 0.25) is 0 Å². The van der Waals surface area contributed by atoms with E-state index in [1.807, 2.05) is 42.5 Å². The molecule has 4 rings (SSSR count). The molecule has 0 amide bonds. The van der Waals surface area contributed by atoms with Gasteiger partial charge in [0.25, 0.3) is 0 Å². The molecule has 0 saturated carbocycles. The monoisotopic (exact) mass is 406 g/mol. The molecule has 0 aliphatic carbocycles. The Kier molecular flexibility index (Phi) is 6.04. The first-order chi connectivity index (χ1) is 14.6. The second-order valence-electron chi connectivity index (χ2n) is 8.03. The molecule has 6 nitrogen and oxygen atoms in total. The van der Waals surface area contributed by atoms with Gasteiger partial charge in [-0.2, -0.15) is 0 Å². The topological polar surface area (TPSA) is 59.5 Å². The molecule has 1 aliphatic heterocycles. The normalized spacial score (nSPS) is 15.5. The molecule has 1 fully saturated rings. The van der Waals surface area contributed by atoms with Gasteiger partial charge < -0.3 is 19.7 Å². The molecule has 0 atom stereocenters. The van der Waals surface area contributed by atoms with Crippen molar-refractivity contribution in [2.75, 3.05) is 32.6 Å². The zero-order valence-electron chi connectivity index (χ0n) is 18.2. The quantitative estimate of drug-likeness (QED) is 0.646. The number of hydrogen-bond acceptors (Lipinski definition) is 6. The summed E-state index contributed by atoms with van der Waals surface area (Å²) in [4.78, 5) is 12.3. The van der Waals surface area contributed by atoms with Gasteiger partial charge in [-0.1, -0.05) is 30.3 Å². The molecule has 0 unspecified atom stereocenters. The fraction of sp³-hybridized carbons (Fsp3) is 0.417. The van der Waals surface area contributed by atoms with Gasteiger partial charge in [-0.3, -0.25) is 0 Å². The summed E-state index contributed by atoms with van der Waals surface area (Å²) in [7, 11) is 3.29. The maximum atomic E-state index is 5.53. The summed E-state index contributed by atoms with van der Waals surface area (Å²) in [6.45, 7) is 6.72. The number of anilines is 1. The zero-order chi connectivity index (χ0) is 21.1. The minimum Gasteiger partial charge on any atom is -0.493 e. The molecule has 0 radical (unpaired) electrons. The molecule has 2 aromatic carbocycles. The van der Waals surface area contributed by atoms with Gasteiger partial charge in [-0.15, -0.1) is 0 Å². The fourth-order valence-electron chi connectivity index (χ4n) is 4.04. The van der Waals surface area contributed by atoms with Crippen molar-refractivity contribution in [3.8, 4) is 22.9 Å². The largest absolute Gasteiger partial charge is 0.493 e. The van der Waals surface area contributed by atoms with Crippen LogP contribution in [0.5, 0.6) is 11.5 Å². The minimum absolute atomic E-state index is 0.384. The van der Waals surface area contributed by atoms with Gasteiger partial charge in [0.2, 0.25) is 0 Å². The van der Waals surface area contributed by atoms with Gasteiger partial charge in [0.05, 0.1) is 19.7 Å². The number of rotatable bonds is 6. The molecule has 30 heavy (non-hydrogen) atoms. The Bertz CT molecular complexity index is 999. The van der Waals surface area contributed by atoms with Crippen molar-refractivity contribution in [3.63, 3.8) is 0 Å². The molecule has 3 aromatic rings. The number of likely N-dealkylation sites (tertiary alicyclic amines) is 1. The number of benzene rings is 2. The van der Waals surface area contributed by atoms with E-state index in [2.05, 4.69) is 24.1 Å². The highest BCUT2D eigenvalue weighted by Gasteiger charge is 2.22. The third kappa shape index (κ3) is 4.19. The van der Waals surface area contributed by atoms with Crippen LogP contribution in [0.1, 0.15) is 26.7 Å². The average molecular weight is 407 g/mol. The lowest BCUT2D eigenvalue weighted by atomic mass is 10.0. The summed E-state index contributed by atoms with van der Waals surface area (Å²) >= 11 is 0. The van der Waals surface area contributed by atoms with Crippen LogP contribution in [-0.2, 0) is 0 Å². The van der Waals surface area contributed by atoms with E-state index >= 15 is 0 Å². The lowest BCUT2D eigenvalue weighted by molar-refractivity contribution is 0.177. The fourth-order valence-corrected chi connectivity index (χ4v) is 4.04. The Morgan fingerprint density at radius 2 is 1.63 bits per heavy atom. The zero-order valence-corrected chi connectivity index (χ0v) is 18.2. The van der Waals surface area contributed by atoms with Crippen molar-refractivity contribution in [1.82, 2.24) is 14.9 Å². The molecule has 1 aliphatic rings. The molecule has 1 saturated heterocycles. The molecular weight excluding hydrogens is 376 g/mol. The number of fused-ring (bicyclic) bond motifs is 1. The molecule has 0 spiro atoms. The first-order valence-electron chi connectivity index (χ1n) is 10.6. The molecule has 1 aromatic heterocycles. The number of nitrogens with one attached hydrogen (secondary N) is 1. The molecule has 2 heterocycles. The first kappa shape index (κ1) is 20.4. The SMILES string of the molecule is COc1cc2nc(-c3ccccc3)nc(NC3CCN(C(C)C)CC3)c2cc1OC. The number of nitrogens with zero attached hydrogens (tertiary/aromatic N) is 3. The van der Waals surface area contributed by atoms with Gasteiger partial charge in [0.1, 0.15) is 5.82 Å². The van der Waals surface area contributed by atoms with Crippen LogP contribution in [0.15, 0.2) is 42.5 Å². The van der Waals surface area contributed by atoms with Gasteiger partial charge in [-0.05, 0) is 32.8 Å². The van der Waals surface area contributed by atoms with Crippen molar-refractivity contribution < 1.29 is 9.47 Å². The summed E-state index contributed by atoms with van der Waals surface area (Å²) in [5.74, 6) is 2.90. The Morgan fingerprint density at radius 1 is 0.967 bits per heavy atom. The predicted octanol–water partition coefficient (Wildman–Crippen LogP) is 4.60. The number of aromatic nitrogens is 2. The van der Waals surface area contributed by atoms with Crippen molar-refractivity contribution >= 4 is 16.7 Å². The third-order valence-electron chi connectivity index (χ3n) is 5.83. The highest BCUT2D eigenvalue weighted by molar-refractivity contribution is 5.93. The van der Waals surface area contributed by atoms with Crippen molar-refractivity contribution in [1.29, 1.82) is 0 Å². The number of ether oxygens (including phenoxy) is 2. The van der Waals surface area contributed by atoms with Crippen LogP contribution >= 0.6 is 0 Å². The van der Waals surface area contributed by atoms with Gasteiger partial charge in [0.15, 0.2) is 17.3 Å². The van der Waals surface area contributed by atoms with E-state index in [0.717, 1.165) is 48.2 Å². The first-order valence-corrected chi connectivity index (χ1v) is 10.6. The van der Waals surface area contributed by atoms with Crippen LogP contribution in [-0.4, -0.2) is 54.3 Å². The molecule has 1 N–H and O–H groups in total. The van der Waals surface area contributed by atoms with E-state index < -0.39 is 0 Å². The summed E-state index contributed by atoms with van der Waals surface area (Å²) in [6, 6.07) is 14.9. The Balaban J connectivity index is 1.74. The van der Waals surface area contributed by atoms with Crippen LogP contribution < -0.4 is 14.8 Å². The third-order valence-corrected chi connectivity index (χ3v) is 5.83. The van der Waals surface area contributed by atoms with Gasteiger partial charge in [0, 0.05) is 42.2 Å². The summed E-state index contributed by atoms with van der Waals surface area (Å²) in [5, 5.41) is 4.65. The second kappa shape index (κ2) is 8.88. The molecular formula is C24H30N4O2. The Labute approximate surface area is 178 Å². The van der Waals surface area contributed by atoms with Crippen LogP contribution in [0, 0.1) is 0 Å². The highest BCUT2D eigenvalue weighted by Crippen LogP contribution is 2.35. The maximum Gasteiger partial charge on any atom is 0.162 e. The molecule has 158 valence electrons. The Hall–Kier alpha value is -2.86. The smallest absolute Gasteiger partial charge is 0.162 e. The van der Waals surface area contributed by atoms with Gasteiger partial charge >= 0.3 is 0 Å². The summed E-state index contributed by atoms with van der Waals surface area (Å²) in [5.41, 5.74) is 1.83. The van der Waals surface area contributed by atoms with Crippen LogP contribution in [0.3, 0.4) is 0 Å². The Morgan fingerprint density at radius 3 is 2.27 bits per heavy atom. The van der Waals surface area contributed by atoms with E-state index in [1.165, 1.54) is 0 Å². The predicted molar refractivity (Wildman–Crippen MR) is 121 cm³/mol. The minimum atomic E-state index is 0.384. The molecule has 6 heteroatoms. The lowest BCUT2D eigenvalue weighted by Crippen LogP contribution is -2.42. The number of piperidine rings is 1. The summed E-state index contributed by atoms with van der Waals surface area (Å²) < 4.78 is 11.0. The number of methoxy groups -OCH3 is 2. The van der Waals surface area contributed by atoms with Crippen LogP contribution in [0.25, 0.3) is 22.3 Å². The maximum absolute atomic E-state index is 5.53. The lowest BCUT2D eigenvalue weighted by Gasteiger charge is -2.35. The van der Waals surface area contributed by atoms with Gasteiger partial charge in [-0.25, -0.2) is 9.97 Å². The summed E-state index contributed by atoms with van der Waals surface area (Å²) in [6.07, 6.45) is 2.19. The highest BCUT2D eigenvalue weighted by atomic mass is 16.5. The van der Waals surface area contributed by atoms with Crippen molar-refractivity contribution in [3.05, 3.63) is 42.5 Å². The van der Waals surface area contributed by atoms with E-state index in [0.29, 0.717) is 29.4 Å². The van der Waals surface area contributed by atoms with Crippen molar-refractivity contribution in [2.45, 2.75) is 38.8 Å². The number of hydrogen-bond donors (Lipinski definition) is 1.